The minimum Gasteiger partial charge on any atom is -0.462 e. The molecule has 0 fully saturated rings. The van der Waals surface area contributed by atoms with Gasteiger partial charge in [-0.1, -0.05) is 6.92 Å². The van der Waals surface area contributed by atoms with Crippen LogP contribution in [0.2, 0.25) is 0 Å². The van der Waals surface area contributed by atoms with Gasteiger partial charge >= 0.3 is 5.97 Å². The second-order valence-electron chi connectivity index (χ2n) is 4.19. The number of hydrogen-bond donors (Lipinski definition) is 1. The molecule has 0 aliphatic heterocycles. The van der Waals surface area contributed by atoms with E-state index in [1.807, 2.05) is 6.92 Å². The highest BCUT2D eigenvalue weighted by molar-refractivity contribution is 7.16. The predicted octanol–water partition coefficient (Wildman–Crippen LogP) is 2.95. The van der Waals surface area contributed by atoms with Crippen molar-refractivity contribution in [3.63, 3.8) is 0 Å². The number of carbonyl (C=O) groups excluding carboxylic acids is 1. The maximum Gasteiger partial charge on any atom is 0.341 e. The van der Waals surface area contributed by atoms with Crippen LogP contribution in [-0.4, -0.2) is 12.6 Å². The van der Waals surface area contributed by atoms with E-state index in [-0.39, 0.29) is 5.97 Å². The van der Waals surface area contributed by atoms with E-state index in [0.717, 1.165) is 18.4 Å². The molecule has 0 aromatic carbocycles. The summed E-state index contributed by atoms with van der Waals surface area (Å²) in [6.07, 6.45) is 3.37. The van der Waals surface area contributed by atoms with Crippen LogP contribution < -0.4 is 5.73 Å². The van der Waals surface area contributed by atoms with Gasteiger partial charge in [0.2, 0.25) is 0 Å². The molecule has 0 radical (unpaired) electrons. The van der Waals surface area contributed by atoms with Gasteiger partial charge in [-0.3, -0.25) is 0 Å². The molecule has 88 valence electrons. The molecule has 0 bridgehead atoms. The minimum absolute atomic E-state index is 0.258. The summed E-state index contributed by atoms with van der Waals surface area (Å²) in [5.74, 6) is 0.169. The summed E-state index contributed by atoms with van der Waals surface area (Å²) >= 11 is 1.55. The van der Waals surface area contributed by atoms with Gasteiger partial charge < -0.3 is 10.5 Å². The minimum atomic E-state index is -0.258. The van der Waals surface area contributed by atoms with E-state index in [1.54, 1.807) is 11.3 Å². The number of fused-ring (bicyclic) bond motifs is 1. The molecule has 2 rings (SSSR count). The van der Waals surface area contributed by atoms with Crippen molar-refractivity contribution in [3.8, 4) is 0 Å². The Hall–Kier alpha value is -1.03. The average Bonchev–Trinajstić information content (AvgIpc) is 2.56. The third-order valence-corrected chi connectivity index (χ3v) is 4.16. The number of hydrogen-bond acceptors (Lipinski definition) is 4. The molecule has 0 saturated carbocycles. The smallest absolute Gasteiger partial charge is 0.341 e. The maximum absolute atomic E-state index is 11.8. The van der Waals surface area contributed by atoms with Crippen LogP contribution in [0, 0.1) is 0 Å². The van der Waals surface area contributed by atoms with Crippen molar-refractivity contribution >= 4 is 22.3 Å². The number of rotatable bonds is 2. The van der Waals surface area contributed by atoms with Crippen LogP contribution in [0.5, 0.6) is 0 Å². The summed E-state index contributed by atoms with van der Waals surface area (Å²) in [6.45, 7) is 4.38. The molecule has 1 heterocycles. The number of ether oxygens (including phenoxy) is 1. The van der Waals surface area contributed by atoms with Gasteiger partial charge in [0.25, 0.3) is 0 Å². The van der Waals surface area contributed by atoms with Crippen molar-refractivity contribution < 1.29 is 9.53 Å². The average molecular weight is 239 g/mol. The third kappa shape index (κ3) is 1.82. The van der Waals surface area contributed by atoms with Crippen LogP contribution in [-0.2, 0) is 11.2 Å². The zero-order valence-electron chi connectivity index (χ0n) is 9.71. The highest BCUT2D eigenvalue weighted by atomic mass is 32.1. The standard InChI is InChI=1S/C12H17NO2S/c1-3-15-12(14)10-9-7(2)5-4-6-8(9)16-11(10)13/h7H,3-6,13H2,1-2H3. The first-order chi connectivity index (χ1) is 7.65. The van der Waals surface area contributed by atoms with E-state index in [0.29, 0.717) is 23.1 Å². The Morgan fingerprint density at radius 2 is 2.38 bits per heavy atom. The Morgan fingerprint density at radius 3 is 3.06 bits per heavy atom. The van der Waals surface area contributed by atoms with Gasteiger partial charge in [-0.05, 0) is 37.7 Å². The summed E-state index contributed by atoms with van der Waals surface area (Å²) < 4.78 is 5.07. The Bertz CT molecular complexity index is 411. The largest absolute Gasteiger partial charge is 0.462 e. The van der Waals surface area contributed by atoms with Gasteiger partial charge in [0.15, 0.2) is 0 Å². The predicted molar refractivity (Wildman–Crippen MR) is 66.0 cm³/mol. The number of nitrogen functional groups attached to an aromatic ring is 1. The molecule has 1 aromatic heterocycles. The van der Waals surface area contributed by atoms with Crippen LogP contribution in [0.1, 0.15) is 53.4 Å². The summed E-state index contributed by atoms with van der Waals surface area (Å²) in [7, 11) is 0. The van der Waals surface area contributed by atoms with Crippen LogP contribution in [0.3, 0.4) is 0 Å². The van der Waals surface area contributed by atoms with Crippen LogP contribution in [0.15, 0.2) is 0 Å². The lowest BCUT2D eigenvalue weighted by molar-refractivity contribution is 0.0526. The molecule has 2 N–H and O–H groups in total. The quantitative estimate of drug-likeness (QED) is 0.807. The highest BCUT2D eigenvalue weighted by Crippen LogP contribution is 2.42. The molecular weight excluding hydrogens is 222 g/mol. The Balaban J connectivity index is 2.44. The van der Waals surface area contributed by atoms with Crippen molar-refractivity contribution in [1.29, 1.82) is 0 Å². The Kier molecular flexibility index (Phi) is 3.19. The molecule has 1 aliphatic rings. The third-order valence-electron chi connectivity index (χ3n) is 3.06. The lowest BCUT2D eigenvalue weighted by Crippen LogP contribution is -2.13. The zero-order chi connectivity index (χ0) is 11.7. The molecule has 0 spiro atoms. The van der Waals surface area contributed by atoms with E-state index in [1.165, 1.54) is 11.3 Å². The normalized spacial score (nSPS) is 19.2. The van der Waals surface area contributed by atoms with Crippen molar-refractivity contribution in [3.05, 3.63) is 16.0 Å². The second kappa shape index (κ2) is 4.45. The molecule has 1 unspecified atom stereocenters. The fraction of sp³-hybridized carbons (Fsp3) is 0.583. The van der Waals surface area contributed by atoms with Crippen LogP contribution in [0.25, 0.3) is 0 Å². The lowest BCUT2D eigenvalue weighted by atomic mass is 9.86. The second-order valence-corrected chi connectivity index (χ2v) is 5.33. The molecule has 4 heteroatoms. The molecule has 0 saturated heterocycles. The van der Waals surface area contributed by atoms with Gasteiger partial charge in [0.05, 0.1) is 12.2 Å². The molecular formula is C12H17NO2S. The highest BCUT2D eigenvalue weighted by Gasteiger charge is 2.28. The van der Waals surface area contributed by atoms with Gasteiger partial charge in [0.1, 0.15) is 5.00 Å². The first-order valence-electron chi connectivity index (χ1n) is 5.73. The van der Waals surface area contributed by atoms with Crippen molar-refractivity contribution in [2.75, 3.05) is 12.3 Å². The Labute approximate surface area is 99.6 Å². The van der Waals surface area contributed by atoms with E-state index >= 15 is 0 Å². The first kappa shape index (κ1) is 11.5. The van der Waals surface area contributed by atoms with Crippen molar-refractivity contribution in [1.82, 2.24) is 0 Å². The number of aryl methyl sites for hydroxylation is 1. The van der Waals surface area contributed by atoms with Crippen LogP contribution in [0.4, 0.5) is 5.00 Å². The fourth-order valence-electron chi connectivity index (χ4n) is 2.34. The van der Waals surface area contributed by atoms with E-state index in [9.17, 15) is 4.79 Å². The van der Waals surface area contributed by atoms with Gasteiger partial charge in [-0.2, -0.15) is 0 Å². The van der Waals surface area contributed by atoms with E-state index < -0.39 is 0 Å². The van der Waals surface area contributed by atoms with Crippen molar-refractivity contribution in [2.24, 2.45) is 0 Å². The number of nitrogens with two attached hydrogens (primary N) is 1. The summed E-state index contributed by atoms with van der Waals surface area (Å²) in [4.78, 5) is 13.1. The summed E-state index contributed by atoms with van der Waals surface area (Å²) in [5, 5.41) is 0.622. The molecule has 3 nitrogen and oxygen atoms in total. The van der Waals surface area contributed by atoms with E-state index in [4.69, 9.17) is 10.5 Å². The van der Waals surface area contributed by atoms with Crippen molar-refractivity contribution in [2.45, 2.75) is 39.0 Å². The monoisotopic (exact) mass is 239 g/mol. The SMILES string of the molecule is CCOC(=O)c1c(N)sc2c1C(C)CCC2. The molecule has 1 aromatic rings. The number of carbonyl (C=O) groups is 1. The maximum atomic E-state index is 11.8. The van der Waals surface area contributed by atoms with Gasteiger partial charge in [-0.25, -0.2) is 4.79 Å². The van der Waals surface area contributed by atoms with E-state index in [2.05, 4.69) is 6.92 Å². The summed E-state index contributed by atoms with van der Waals surface area (Å²) in [6, 6.07) is 0. The molecule has 1 atom stereocenters. The zero-order valence-corrected chi connectivity index (χ0v) is 10.5. The molecule has 1 aliphatic carbocycles. The molecule has 0 amide bonds. The number of esters is 1. The topological polar surface area (TPSA) is 52.3 Å². The number of thiophene rings is 1. The first-order valence-corrected chi connectivity index (χ1v) is 6.55. The van der Waals surface area contributed by atoms with Crippen LogP contribution >= 0.6 is 11.3 Å². The lowest BCUT2D eigenvalue weighted by Gasteiger charge is -2.19. The number of anilines is 1. The van der Waals surface area contributed by atoms with Gasteiger partial charge in [0, 0.05) is 4.88 Å². The Morgan fingerprint density at radius 1 is 1.62 bits per heavy atom. The fourth-order valence-corrected chi connectivity index (χ4v) is 3.57. The molecule has 16 heavy (non-hydrogen) atoms. The van der Waals surface area contributed by atoms with Gasteiger partial charge in [-0.15, -0.1) is 11.3 Å². The summed E-state index contributed by atoms with van der Waals surface area (Å²) in [5.41, 5.74) is 7.71.